The van der Waals surface area contributed by atoms with Crippen molar-refractivity contribution in [1.29, 1.82) is 0 Å². The van der Waals surface area contributed by atoms with Gasteiger partial charge in [-0.3, -0.25) is 0 Å². The van der Waals surface area contributed by atoms with Gasteiger partial charge in [0.2, 0.25) is 0 Å². The highest BCUT2D eigenvalue weighted by Gasteiger charge is 2.40. The molecule has 1 aromatic carbocycles. The SMILES string of the molecule is Cc1cc(NC(c2ccccc2)C2CC2C)ncn1. The van der Waals surface area contributed by atoms with E-state index in [0.717, 1.165) is 17.4 Å². The Balaban J connectivity index is 1.84. The van der Waals surface area contributed by atoms with Gasteiger partial charge in [-0.1, -0.05) is 37.3 Å². The summed E-state index contributed by atoms with van der Waals surface area (Å²) < 4.78 is 0. The van der Waals surface area contributed by atoms with Gasteiger partial charge in [0.1, 0.15) is 12.1 Å². The summed E-state index contributed by atoms with van der Waals surface area (Å²) in [7, 11) is 0. The van der Waals surface area contributed by atoms with Crippen molar-refractivity contribution in [2.45, 2.75) is 26.3 Å². The van der Waals surface area contributed by atoms with Gasteiger partial charge < -0.3 is 5.32 Å². The van der Waals surface area contributed by atoms with Crippen molar-refractivity contribution in [3.05, 3.63) is 54.0 Å². The van der Waals surface area contributed by atoms with Crippen molar-refractivity contribution in [1.82, 2.24) is 9.97 Å². The van der Waals surface area contributed by atoms with Crippen LogP contribution in [0.4, 0.5) is 5.82 Å². The monoisotopic (exact) mass is 253 g/mol. The van der Waals surface area contributed by atoms with Crippen LogP contribution >= 0.6 is 0 Å². The summed E-state index contributed by atoms with van der Waals surface area (Å²) >= 11 is 0. The number of anilines is 1. The van der Waals surface area contributed by atoms with Gasteiger partial charge in [0.25, 0.3) is 0 Å². The number of rotatable bonds is 4. The minimum absolute atomic E-state index is 0.352. The summed E-state index contributed by atoms with van der Waals surface area (Å²) in [6, 6.07) is 13.0. The molecule has 98 valence electrons. The topological polar surface area (TPSA) is 37.8 Å². The van der Waals surface area contributed by atoms with Crippen LogP contribution in [0, 0.1) is 18.8 Å². The first kappa shape index (κ1) is 12.2. The molecule has 3 nitrogen and oxygen atoms in total. The fourth-order valence-corrected chi connectivity index (χ4v) is 2.61. The van der Waals surface area contributed by atoms with E-state index in [-0.39, 0.29) is 0 Å². The van der Waals surface area contributed by atoms with E-state index in [1.165, 1.54) is 12.0 Å². The number of aromatic nitrogens is 2. The molecule has 3 unspecified atom stereocenters. The first-order valence-corrected chi connectivity index (χ1v) is 6.84. The van der Waals surface area contributed by atoms with E-state index >= 15 is 0 Å². The highest BCUT2D eigenvalue weighted by molar-refractivity contribution is 5.40. The van der Waals surface area contributed by atoms with Crippen LogP contribution in [0.5, 0.6) is 0 Å². The van der Waals surface area contributed by atoms with Crippen LogP contribution in [0.25, 0.3) is 0 Å². The van der Waals surface area contributed by atoms with E-state index in [1.807, 2.05) is 13.0 Å². The standard InChI is InChI=1S/C16H19N3/c1-11-8-14(11)16(13-6-4-3-5-7-13)19-15-9-12(2)17-10-18-15/h3-7,9-11,14,16H,8H2,1-2H3,(H,17,18,19). The predicted octanol–water partition coefficient (Wildman–Crippen LogP) is 3.59. The molecule has 0 amide bonds. The van der Waals surface area contributed by atoms with E-state index in [0.29, 0.717) is 12.0 Å². The Bertz CT molecular complexity index is 553. The molecule has 1 saturated carbocycles. The predicted molar refractivity (Wildman–Crippen MR) is 76.8 cm³/mol. The van der Waals surface area contributed by atoms with Crippen molar-refractivity contribution in [3.8, 4) is 0 Å². The number of benzene rings is 1. The molecule has 1 aliphatic rings. The minimum atomic E-state index is 0.352. The fraction of sp³-hybridized carbons (Fsp3) is 0.375. The molecule has 19 heavy (non-hydrogen) atoms. The van der Waals surface area contributed by atoms with Crippen molar-refractivity contribution < 1.29 is 0 Å². The summed E-state index contributed by atoms with van der Waals surface area (Å²) in [5.41, 5.74) is 2.33. The van der Waals surface area contributed by atoms with E-state index in [1.54, 1.807) is 6.33 Å². The van der Waals surface area contributed by atoms with Crippen molar-refractivity contribution in [3.63, 3.8) is 0 Å². The first-order valence-electron chi connectivity index (χ1n) is 6.84. The Hall–Kier alpha value is -1.90. The van der Waals surface area contributed by atoms with Gasteiger partial charge in [-0.2, -0.15) is 0 Å². The van der Waals surface area contributed by atoms with Crippen molar-refractivity contribution in [2.24, 2.45) is 11.8 Å². The van der Waals surface area contributed by atoms with Gasteiger partial charge in [0.15, 0.2) is 0 Å². The second kappa shape index (κ2) is 5.00. The zero-order valence-electron chi connectivity index (χ0n) is 11.4. The molecule has 3 heteroatoms. The molecule has 1 aliphatic carbocycles. The largest absolute Gasteiger partial charge is 0.363 e. The number of nitrogens with zero attached hydrogens (tertiary/aromatic N) is 2. The minimum Gasteiger partial charge on any atom is -0.363 e. The Labute approximate surface area is 114 Å². The fourth-order valence-electron chi connectivity index (χ4n) is 2.61. The molecule has 0 saturated heterocycles. The van der Waals surface area contributed by atoms with Gasteiger partial charge in [-0.05, 0) is 30.7 Å². The van der Waals surface area contributed by atoms with E-state index < -0.39 is 0 Å². The number of hydrogen-bond donors (Lipinski definition) is 1. The van der Waals surface area contributed by atoms with Crippen LogP contribution in [0.3, 0.4) is 0 Å². The Morgan fingerprint density at radius 2 is 1.95 bits per heavy atom. The molecule has 0 radical (unpaired) electrons. The summed E-state index contributed by atoms with van der Waals surface area (Å²) in [5, 5.41) is 3.58. The van der Waals surface area contributed by atoms with Gasteiger partial charge in [0.05, 0.1) is 6.04 Å². The van der Waals surface area contributed by atoms with Gasteiger partial charge in [0, 0.05) is 11.8 Å². The third-order valence-corrected chi connectivity index (χ3v) is 3.87. The van der Waals surface area contributed by atoms with Crippen LogP contribution in [-0.2, 0) is 0 Å². The average Bonchev–Trinajstić information content (AvgIpc) is 3.14. The maximum atomic E-state index is 4.32. The maximum Gasteiger partial charge on any atom is 0.130 e. The zero-order valence-corrected chi connectivity index (χ0v) is 11.4. The molecule has 1 heterocycles. The molecule has 3 rings (SSSR count). The van der Waals surface area contributed by atoms with Crippen LogP contribution in [-0.4, -0.2) is 9.97 Å². The lowest BCUT2D eigenvalue weighted by Crippen LogP contribution is -2.14. The molecule has 2 aromatic rings. The van der Waals surface area contributed by atoms with Crippen LogP contribution in [0.1, 0.15) is 30.6 Å². The Morgan fingerprint density at radius 1 is 1.21 bits per heavy atom. The van der Waals surface area contributed by atoms with E-state index in [9.17, 15) is 0 Å². The quantitative estimate of drug-likeness (QED) is 0.904. The second-order valence-corrected chi connectivity index (χ2v) is 5.45. The van der Waals surface area contributed by atoms with E-state index in [2.05, 4.69) is 52.5 Å². The van der Waals surface area contributed by atoms with Crippen LogP contribution < -0.4 is 5.32 Å². The first-order chi connectivity index (χ1) is 9.24. The molecule has 1 N–H and O–H groups in total. The molecule has 1 fully saturated rings. The lowest BCUT2D eigenvalue weighted by atomic mass is 10.0. The Morgan fingerprint density at radius 3 is 2.58 bits per heavy atom. The highest BCUT2D eigenvalue weighted by Crippen LogP contribution is 2.48. The third kappa shape index (κ3) is 2.75. The molecule has 0 spiro atoms. The molecular formula is C16H19N3. The zero-order chi connectivity index (χ0) is 13.2. The highest BCUT2D eigenvalue weighted by atomic mass is 15.0. The van der Waals surface area contributed by atoms with Crippen molar-refractivity contribution in [2.75, 3.05) is 5.32 Å². The molecule has 3 atom stereocenters. The third-order valence-electron chi connectivity index (χ3n) is 3.87. The van der Waals surface area contributed by atoms with E-state index in [4.69, 9.17) is 0 Å². The lowest BCUT2D eigenvalue weighted by molar-refractivity contribution is 0.628. The summed E-state index contributed by atoms with van der Waals surface area (Å²) in [4.78, 5) is 8.46. The summed E-state index contributed by atoms with van der Waals surface area (Å²) in [5.74, 6) is 2.42. The molecule has 1 aromatic heterocycles. The molecule has 0 aliphatic heterocycles. The van der Waals surface area contributed by atoms with Crippen LogP contribution in [0.15, 0.2) is 42.7 Å². The van der Waals surface area contributed by atoms with Gasteiger partial charge in [-0.25, -0.2) is 9.97 Å². The summed E-state index contributed by atoms with van der Waals surface area (Å²) in [6.45, 7) is 4.30. The van der Waals surface area contributed by atoms with Gasteiger partial charge >= 0.3 is 0 Å². The number of hydrogen-bond acceptors (Lipinski definition) is 3. The average molecular weight is 253 g/mol. The van der Waals surface area contributed by atoms with Crippen molar-refractivity contribution >= 4 is 5.82 Å². The molecular weight excluding hydrogens is 234 g/mol. The molecule has 0 bridgehead atoms. The van der Waals surface area contributed by atoms with Gasteiger partial charge in [-0.15, -0.1) is 0 Å². The van der Waals surface area contributed by atoms with Crippen LogP contribution in [0.2, 0.25) is 0 Å². The smallest absolute Gasteiger partial charge is 0.130 e. The second-order valence-electron chi connectivity index (χ2n) is 5.45. The number of aryl methyl sites for hydroxylation is 1. The normalized spacial score (nSPS) is 22.8. The lowest BCUT2D eigenvalue weighted by Gasteiger charge is -2.20. The maximum absolute atomic E-state index is 4.32. The summed E-state index contributed by atoms with van der Waals surface area (Å²) in [6.07, 6.45) is 2.91. The number of nitrogens with one attached hydrogen (secondary N) is 1. The Kier molecular flexibility index (Phi) is 3.20.